The molecular weight excluding hydrogens is 452 g/mol. The standard InChI is InChI=1S/C25H20N4O4S/c1-2-3-12-33-17-8-7-16-14-29(22(30)18(16)13-17)15-25(23(31)27-24(32)28-25)21-10-9-20(34-21)19-6-4-5-11-26-19/h4-11,13-14,30H,12,15H2,1H3,(H2,27,28,31,32)/t25-/m0/s1. The van der Waals surface area contributed by atoms with Crippen LogP contribution in [0.2, 0.25) is 0 Å². The molecule has 4 aromatic rings. The van der Waals surface area contributed by atoms with Gasteiger partial charge in [0.2, 0.25) is 0 Å². The van der Waals surface area contributed by atoms with Crippen LogP contribution in [0.3, 0.4) is 0 Å². The molecule has 0 unspecified atom stereocenters. The van der Waals surface area contributed by atoms with Gasteiger partial charge in [-0.3, -0.25) is 15.1 Å². The molecule has 5 rings (SSSR count). The zero-order valence-electron chi connectivity index (χ0n) is 18.2. The van der Waals surface area contributed by atoms with Crippen molar-refractivity contribution in [2.24, 2.45) is 0 Å². The van der Waals surface area contributed by atoms with Crippen LogP contribution >= 0.6 is 11.3 Å². The number of urea groups is 1. The molecule has 170 valence electrons. The van der Waals surface area contributed by atoms with Crippen molar-refractivity contribution in [2.45, 2.75) is 19.0 Å². The second-order valence-corrected chi connectivity index (χ2v) is 8.82. The van der Waals surface area contributed by atoms with Crippen LogP contribution < -0.4 is 15.4 Å². The van der Waals surface area contributed by atoms with Gasteiger partial charge in [0.1, 0.15) is 12.4 Å². The lowest BCUT2D eigenvalue weighted by molar-refractivity contribution is -0.124. The number of aromatic hydroxyl groups is 1. The lowest BCUT2D eigenvalue weighted by atomic mass is 9.97. The summed E-state index contributed by atoms with van der Waals surface area (Å²) in [5.74, 6) is 5.66. The zero-order valence-corrected chi connectivity index (χ0v) is 19.0. The summed E-state index contributed by atoms with van der Waals surface area (Å²) in [5.41, 5.74) is -0.606. The minimum absolute atomic E-state index is 0.00472. The topological polar surface area (TPSA) is 105 Å². The molecule has 0 spiro atoms. The summed E-state index contributed by atoms with van der Waals surface area (Å²) in [4.78, 5) is 31.1. The predicted octanol–water partition coefficient (Wildman–Crippen LogP) is 3.61. The fraction of sp³-hybridized carbons (Fsp3) is 0.160. The Morgan fingerprint density at radius 1 is 1.21 bits per heavy atom. The van der Waals surface area contributed by atoms with E-state index in [2.05, 4.69) is 27.5 Å². The first kappa shape index (κ1) is 21.6. The molecule has 1 saturated heterocycles. The summed E-state index contributed by atoms with van der Waals surface area (Å²) in [6.45, 7) is 1.99. The Bertz CT molecular complexity index is 1460. The maximum atomic E-state index is 13.1. The van der Waals surface area contributed by atoms with Crippen LogP contribution in [0.25, 0.3) is 21.3 Å². The number of carbonyl (C=O) groups is 2. The molecule has 9 heteroatoms. The predicted molar refractivity (Wildman–Crippen MR) is 128 cm³/mol. The summed E-state index contributed by atoms with van der Waals surface area (Å²) in [6.07, 6.45) is 3.44. The second-order valence-electron chi connectivity index (χ2n) is 7.74. The Kier molecular flexibility index (Phi) is 5.43. The number of amides is 3. The first-order valence-electron chi connectivity index (χ1n) is 10.5. The number of hydrogen-bond donors (Lipinski definition) is 3. The third kappa shape index (κ3) is 3.74. The van der Waals surface area contributed by atoms with Gasteiger partial charge in [0, 0.05) is 28.0 Å². The number of thiophene rings is 1. The fourth-order valence-corrected chi connectivity index (χ4v) is 5.07. The van der Waals surface area contributed by atoms with E-state index in [0.29, 0.717) is 16.0 Å². The maximum Gasteiger partial charge on any atom is 0.322 e. The van der Waals surface area contributed by atoms with Crippen LogP contribution in [0.1, 0.15) is 11.8 Å². The van der Waals surface area contributed by atoms with E-state index in [4.69, 9.17) is 4.74 Å². The summed E-state index contributed by atoms with van der Waals surface area (Å²) in [7, 11) is 0. The molecule has 0 bridgehead atoms. The van der Waals surface area contributed by atoms with Gasteiger partial charge in [0.15, 0.2) is 11.4 Å². The molecule has 1 aliphatic heterocycles. The summed E-state index contributed by atoms with van der Waals surface area (Å²) in [6, 6.07) is 14.0. The number of pyridine rings is 1. The number of ether oxygens (including phenoxy) is 1. The van der Waals surface area contributed by atoms with E-state index in [9.17, 15) is 14.7 Å². The fourth-order valence-electron chi connectivity index (χ4n) is 3.95. The molecule has 0 saturated carbocycles. The van der Waals surface area contributed by atoms with Gasteiger partial charge in [0.05, 0.1) is 17.1 Å². The first-order chi connectivity index (χ1) is 16.5. The highest BCUT2D eigenvalue weighted by Crippen LogP contribution is 2.39. The summed E-state index contributed by atoms with van der Waals surface area (Å²) < 4.78 is 7.16. The molecule has 1 atom stereocenters. The van der Waals surface area contributed by atoms with Gasteiger partial charge in [-0.15, -0.1) is 17.3 Å². The highest BCUT2D eigenvalue weighted by molar-refractivity contribution is 7.15. The zero-order chi connectivity index (χ0) is 23.7. The van der Waals surface area contributed by atoms with Crippen molar-refractivity contribution in [3.05, 3.63) is 65.8 Å². The minimum Gasteiger partial charge on any atom is -0.494 e. The van der Waals surface area contributed by atoms with Gasteiger partial charge in [-0.25, -0.2) is 4.79 Å². The Labute approximate surface area is 199 Å². The number of benzene rings is 1. The van der Waals surface area contributed by atoms with E-state index < -0.39 is 17.5 Å². The minimum atomic E-state index is -1.38. The van der Waals surface area contributed by atoms with E-state index in [1.165, 1.54) is 11.3 Å². The Morgan fingerprint density at radius 2 is 2.09 bits per heavy atom. The van der Waals surface area contributed by atoms with E-state index in [1.807, 2.05) is 30.3 Å². The molecule has 4 heterocycles. The molecular formula is C25H20N4O4S. The lowest BCUT2D eigenvalue weighted by Gasteiger charge is -2.25. The third-order valence-corrected chi connectivity index (χ3v) is 6.88. The molecule has 0 radical (unpaired) electrons. The van der Waals surface area contributed by atoms with Gasteiger partial charge < -0.3 is 19.7 Å². The molecule has 8 nitrogen and oxygen atoms in total. The monoisotopic (exact) mass is 472 g/mol. The number of carbonyl (C=O) groups excluding carboxylic acids is 2. The molecule has 1 fully saturated rings. The third-order valence-electron chi connectivity index (χ3n) is 5.61. The van der Waals surface area contributed by atoms with Crippen LogP contribution in [-0.4, -0.2) is 33.2 Å². The smallest absolute Gasteiger partial charge is 0.322 e. The van der Waals surface area contributed by atoms with Crippen LogP contribution in [0.4, 0.5) is 4.79 Å². The number of rotatable bonds is 6. The van der Waals surface area contributed by atoms with Crippen LogP contribution in [-0.2, 0) is 16.9 Å². The Balaban J connectivity index is 1.52. The van der Waals surface area contributed by atoms with Crippen LogP contribution in [0.5, 0.6) is 11.6 Å². The average Bonchev–Trinajstić information content (AvgIpc) is 3.52. The molecule has 3 aromatic heterocycles. The highest BCUT2D eigenvalue weighted by atomic mass is 32.1. The number of imide groups is 1. The highest BCUT2D eigenvalue weighted by Gasteiger charge is 2.49. The van der Waals surface area contributed by atoms with Crippen molar-refractivity contribution in [3.63, 3.8) is 0 Å². The number of nitrogens with one attached hydrogen (secondary N) is 2. The van der Waals surface area contributed by atoms with E-state index >= 15 is 0 Å². The molecule has 1 aromatic carbocycles. The van der Waals surface area contributed by atoms with E-state index in [1.54, 1.807) is 42.1 Å². The van der Waals surface area contributed by atoms with Crippen molar-refractivity contribution < 1.29 is 19.4 Å². The van der Waals surface area contributed by atoms with Crippen LogP contribution in [0.15, 0.2) is 60.9 Å². The lowest BCUT2D eigenvalue weighted by Crippen LogP contribution is -2.46. The van der Waals surface area contributed by atoms with Crippen molar-refractivity contribution in [1.82, 2.24) is 20.2 Å². The second kappa shape index (κ2) is 8.57. The molecule has 34 heavy (non-hydrogen) atoms. The van der Waals surface area contributed by atoms with Crippen molar-refractivity contribution in [1.29, 1.82) is 0 Å². The molecule has 3 N–H and O–H groups in total. The van der Waals surface area contributed by atoms with E-state index in [0.717, 1.165) is 16.0 Å². The SMILES string of the molecule is CC#CCOc1ccc2cn(C[C@@]3(c4ccc(-c5ccccn5)s4)NC(=O)NC3=O)c(O)c2c1. The number of aromatic nitrogens is 2. The van der Waals surface area contributed by atoms with Gasteiger partial charge in [-0.2, -0.15) is 0 Å². The Morgan fingerprint density at radius 3 is 2.82 bits per heavy atom. The van der Waals surface area contributed by atoms with Gasteiger partial charge >= 0.3 is 6.03 Å². The van der Waals surface area contributed by atoms with Crippen molar-refractivity contribution in [3.8, 4) is 34.0 Å². The Hall–Kier alpha value is -4.29. The average molecular weight is 473 g/mol. The first-order valence-corrected chi connectivity index (χ1v) is 11.3. The summed E-state index contributed by atoms with van der Waals surface area (Å²) >= 11 is 1.37. The van der Waals surface area contributed by atoms with Gasteiger partial charge in [-0.05, 0) is 49.4 Å². The molecule has 1 aliphatic rings. The number of fused-ring (bicyclic) bond motifs is 1. The largest absolute Gasteiger partial charge is 0.494 e. The number of nitrogens with zero attached hydrogens (tertiary/aromatic N) is 2. The van der Waals surface area contributed by atoms with Gasteiger partial charge in [-0.1, -0.05) is 12.0 Å². The quantitative estimate of drug-likeness (QED) is 0.294. The molecule has 0 aliphatic carbocycles. The van der Waals surface area contributed by atoms with Crippen molar-refractivity contribution in [2.75, 3.05) is 6.61 Å². The summed E-state index contributed by atoms with van der Waals surface area (Å²) in [5, 5.41) is 17.4. The number of hydrogen-bond acceptors (Lipinski definition) is 6. The van der Waals surface area contributed by atoms with Crippen LogP contribution in [0, 0.1) is 11.8 Å². The van der Waals surface area contributed by atoms with Gasteiger partial charge in [0.25, 0.3) is 5.91 Å². The normalized spacial score (nSPS) is 17.2. The maximum absolute atomic E-state index is 13.1. The van der Waals surface area contributed by atoms with Crippen molar-refractivity contribution >= 4 is 34.0 Å². The molecule has 3 amide bonds. The van der Waals surface area contributed by atoms with E-state index in [-0.39, 0.29) is 19.0 Å².